The number of amides is 1. The molecule has 1 heterocycles. The topological polar surface area (TPSA) is 41.1 Å². The standard InChI is InChI=1S/C26H24N2O/c1-19-12-14-20(15-13-19)16-17-21-9-5-10-24(25(21)23-11-6-18-27-23)28-26(29)22-7-3-2-4-8-22/h2-5,7-17,27H,6,18H2,1H3,(H,28,29)/b17-16+. The van der Waals surface area contributed by atoms with Gasteiger partial charge in [-0.2, -0.15) is 0 Å². The maximum absolute atomic E-state index is 12.7. The smallest absolute Gasteiger partial charge is 0.255 e. The number of nitrogens with one attached hydrogen (secondary N) is 2. The largest absolute Gasteiger partial charge is 0.384 e. The molecule has 0 atom stereocenters. The normalized spacial score (nSPS) is 13.2. The minimum atomic E-state index is -0.106. The second-order valence-corrected chi connectivity index (χ2v) is 7.17. The molecule has 2 N–H and O–H groups in total. The van der Waals surface area contributed by atoms with Gasteiger partial charge in [0.15, 0.2) is 0 Å². The van der Waals surface area contributed by atoms with E-state index in [4.69, 9.17) is 0 Å². The number of hydrogen-bond donors (Lipinski definition) is 2. The van der Waals surface area contributed by atoms with Gasteiger partial charge in [0.2, 0.25) is 0 Å². The van der Waals surface area contributed by atoms with Crippen molar-refractivity contribution in [2.45, 2.75) is 13.3 Å². The molecule has 4 rings (SSSR count). The predicted octanol–water partition coefficient (Wildman–Crippen LogP) is 5.75. The maximum Gasteiger partial charge on any atom is 0.255 e. The molecule has 3 aromatic rings. The summed E-state index contributed by atoms with van der Waals surface area (Å²) in [5, 5.41) is 6.54. The highest BCUT2D eigenvalue weighted by atomic mass is 16.1. The lowest BCUT2D eigenvalue weighted by molar-refractivity contribution is 0.102. The van der Waals surface area contributed by atoms with Crippen LogP contribution in [0.4, 0.5) is 5.69 Å². The average molecular weight is 380 g/mol. The predicted molar refractivity (Wildman–Crippen MR) is 122 cm³/mol. The fourth-order valence-electron chi connectivity index (χ4n) is 3.45. The minimum absolute atomic E-state index is 0.106. The van der Waals surface area contributed by atoms with E-state index in [9.17, 15) is 4.79 Å². The lowest BCUT2D eigenvalue weighted by Crippen LogP contribution is -2.15. The van der Waals surface area contributed by atoms with Crippen molar-refractivity contribution in [3.8, 4) is 0 Å². The molecule has 3 nitrogen and oxygen atoms in total. The van der Waals surface area contributed by atoms with Crippen molar-refractivity contribution in [2.24, 2.45) is 0 Å². The third kappa shape index (κ3) is 4.46. The molecule has 144 valence electrons. The molecule has 0 spiro atoms. The van der Waals surface area contributed by atoms with Gasteiger partial charge in [-0.05, 0) is 42.7 Å². The van der Waals surface area contributed by atoms with Crippen molar-refractivity contribution < 1.29 is 4.79 Å². The Hall–Kier alpha value is -3.59. The van der Waals surface area contributed by atoms with Crippen LogP contribution in [0.2, 0.25) is 0 Å². The monoisotopic (exact) mass is 380 g/mol. The highest BCUT2D eigenvalue weighted by molar-refractivity contribution is 6.06. The van der Waals surface area contributed by atoms with Gasteiger partial charge in [-0.25, -0.2) is 0 Å². The molecule has 0 bridgehead atoms. The summed E-state index contributed by atoms with van der Waals surface area (Å²) in [6.07, 6.45) is 7.39. The SMILES string of the molecule is Cc1ccc(/C=C/c2cccc(NC(=O)c3ccccc3)c2C2=CCCN2)cc1. The molecular formula is C26H24N2O. The zero-order valence-corrected chi connectivity index (χ0v) is 16.5. The van der Waals surface area contributed by atoms with Crippen LogP contribution in [-0.2, 0) is 0 Å². The van der Waals surface area contributed by atoms with Crippen molar-refractivity contribution in [2.75, 3.05) is 11.9 Å². The van der Waals surface area contributed by atoms with E-state index in [2.05, 4.69) is 66.1 Å². The van der Waals surface area contributed by atoms with Crippen LogP contribution in [-0.4, -0.2) is 12.5 Å². The molecule has 1 aliphatic rings. The Morgan fingerprint density at radius 3 is 2.45 bits per heavy atom. The molecule has 3 aromatic carbocycles. The number of aryl methyl sites for hydroxylation is 1. The Labute approximate surface area is 171 Å². The second kappa shape index (κ2) is 8.61. The van der Waals surface area contributed by atoms with Crippen molar-refractivity contribution in [1.29, 1.82) is 0 Å². The molecule has 1 aliphatic heterocycles. The average Bonchev–Trinajstić information content (AvgIpc) is 3.28. The van der Waals surface area contributed by atoms with Crippen LogP contribution >= 0.6 is 0 Å². The first-order valence-electron chi connectivity index (χ1n) is 9.89. The molecule has 0 unspecified atom stereocenters. The number of carbonyl (C=O) groups is 1. The molecule has 0 aromatic heterocycles. The van der Waals surface area contributed by atoms with Crippen LogP contribution in [0, 0.1) is 6.92 Å². The summed E-state index contributed by atoms with van der Waals surface area (Å²) >= 11 is 0. The fraction of sp³-hybridized carbons (Fsp3) is 0.115. The summed E-state index contributed by atoms with van der Waals surface area (Å²) in [4.78, 5) is 12.7. The third-order valence-corrected chi connectivity index (χ3v) is 4.99. The van der Waals surface area contributed by atoms with Crippen LogP contribution in [0.5, 0.6) is 0 Å². The van der Waals surface area contributed by atoms with Gasteiger partial charge in [0.1, 0.15) is 0 Å². The summed E-state index contributed by atoms with van der Waals surface area (Å²) < 4.78 is 0. The minimum Gasteiger partial charge on any atom is -0.384 e. The first kappa shape index (κ1) is 18.8. The van der Waals surface area contributed by atoms with Crippen LogP contribution in [0.1, 0.15) is 39.0 Å². The lowest BCUT2D eigenvalue weighted by atomic mass is 10.00. The van der Waals surface area contributed by atoms with E-state index in [1.165, 1.54) is 5.56 Å². The van der Waals surface area contributed by atoms with Crippen molar-refractivity contribution >= 4 is 29.4 Å². The van der Waals surface area contributed by atoms with Crippen molar-refractivity contribution in [3.05, 3.63) is 107 Å². The van der Waals surface area contributed by atoms with E-state index >= 15 is 0 Å². The summed E-state index contributed by atoms with van der Waals surface area (Å²) in [7, 11) is 0. The summed E-state index contributed by atoms with van der Waals surface area (Å²) in [6.45, 7) is 3.00. The van der Waals surface area contributed by atoms with E-state index in [1.807, 2.05) is 42.5 Å². The van der Waals surface area contributed by atoms with Gasteiger partial charge < -0.3 is 10.6 Å². The molecule has 1 amide bonds. The van der Waals surface area contributed by atoms with Gasteiger partial charge in [-0.3, -0.25) is 4.79 Å². The van der Waals surface area contributed by atoms with E-state index in [-0.39, 0.29) is 5.91 Å². The highest BCUT2D eigenvalue weighted by Gasteiger charge is 2.16. The molecule has 0 aliphatic carbocycles. The molecule has 3 heteroatoms. The maximum atomic E-state index is 12.7. The number of hydrogen-bond acceptors (Lipinski definition) is 2. The van der Waals surface area contributed by atoms with Gasteiger partial charge in [0.05, 0.1) is 5.69 Å². The number of benzene rings is 3. The van der Waals surface area contributed by atoms with Gasteiger partial charge in [-0.1, -0.05) is 78.4 Å². The Morgan fingerprint density at radius 1 is 0.931 bits per heavy atom. The quantitative estimate of drug-likeness (QED) is 0.553. The summed E-state index contributed by atoms with van der Waals surface area (Å²) in [5.41, 5.74) is 7.01. The van der Waals surface area contributed by atoms with Gasteiger partial charge in [0, 0.05) is 23.4 Å². The first-order chi connectivity index (χ1) is 14.2. The zero-order valence-electron chi connectivity index (χ0n) is 16.5. The Balaban J connectivity index is 1.69. The van der Waals surface area contributed by atoms with Crippen molar-refractivity contribution in [3.63, 3.8) is 0 Å². The number of anilines is 1. The number of rotatable bonds is 5. The van der Waals surface area contributed by atoms with Crippen LogP contribution in [0.15, 0.2) is 78.9 Å². The Kier molecular flexibility index (Phi) is 5.57. The molecule has 0 fully saturated rings. The van der Waals surface area contributed by atoms with E-state index in [0.29, 0.717) is 5.56 Å². The van der Waals surface area contributed by atoms with E-state index in [1.54, 1.807) is 0 Å². The van der Waals surface area contributed by atoms with Gasteiger partial charge in [-0.15, -0.1) is 0 Å². The third-order valence-electron chi connectivity index (χ3n) is 4.99. The van der Waals surface area contributed by atoms with Crippen molar-refractivity contribution in [1.82, 2.24) is 5.32 Å². The molecule has 29 heavy (non-hydrogen) atoms. The zero-order chi connectivity index (χ0) is 20.1. The van der Waals surface area contributed by atoms with Crippen LogP contribution in [0.25, 0.3) is 17.8 Å². The van der Waals surface area contributed by atoms with E-state index < -0.39 is 0 Å². The van der Waals surface area contributed by atoms with Crippen LogP contribution in [0.3, 0.4) is 0 Å². The fourth-order valence-corrected chi connectivity index (χ4v) is 3.45. The van der Waals surface area contributed by atoms with Gasteiger partial charge in [0.25, 0.3) is 5.91 Å². The summed E-state index contributed by atoms with van der Waals surface area (Å²) in [5.74, 6) is -0.106. The second-order valence-electron chi connectivity index (χ2n) is 7.17. The Bertz CT molecular complexity index is 1060. The molecule has 0 radical (unpaired) electrons. The molecule has 0 saturated heterocycles. The number of carbonyl (C=O) groups excluding carboxylic acids is 1. The highest BCUT2D eigenvalue weighted by Crippen LogP contribution is 2.30. The molecular weight excluding hydrogens is 356 g/mol. The first-order valence-corrected chi connectivity index (χ1v) is 9.89. The van der Waals surface area contributed by atoms with Crippen LogP contribution < -0.4 is 10.6 Å². The lowest BCUT2D eigenvalue weighted by Gasteiger charge is -2.16. The Morgan fingerprint density at radius 2 is 1.72 bits per heavy atom. The van der Waals surface area contributed by atoms with Gasteiger partial charge >= 0.3 is 0 Å². The molecule has 0 saturated carbocycles. The van der Waals surface area contributed by atoms with E-state index in [0.717, 1.165) is 41.0 Å². The summed E-state index contributed by atoms with van der Waals surface area (Å²) in [6, 6.07) is 23.8.